The van der Waals surface area contributed by atoms with Crippen molar-refractivity contribution in [3.8, 4) is 5.75 Å². The molecule has 0 aliphatic carbocycles. The van der Waals surface area contributed by atoms with Gasteiger partial charge >= 0.3 is 0 Å². The molecule has 26 heavy (non-hydrogen) atoms. The summed E-state index contributed by atoms with van der Waals surface area (Å²) in [6.45, 7) is 1.48. The number of halogens is 1. The van der Waals surface area contributed by atoms with E-state index >= 15 is 0 Å². The second kappa shape index (κ2) is 9.12. The molecule has 8 heteroatoms. The molecule has 1 aromatic carbocycles. The first kappa shape index (κ1) is 20.4. The van der Waals surface area contributed by atoms with Gasteiger partial charge in [-0.2, -0.15) is 0 Å². The predicted molar refractivity (Wildman–Crippen MR) is 103 cm³/mol. The molecular formula is C18H22ClN3O3S. The third-order valence-electron chi connectivity index (χ3n) is 4.47. The molecule has 1 aliphatic heterocycles. The molecule has 1 aliphatic rings. The van der Waals surface area contributed by atoms with E-state index in [2.05, 4.69) is 4.98 Å². The second-order valence-electron chi connectivity index (χ2n) is 5.99. The van der Waals surface area contributed by atoms with Gasteiger partial charge in [0.25, 0.3) is 5.91 Å². The van der Waals surface area contributed by atoms with Crippen molar-refractivity contribution in [3.63, 3.8) is 0 Å². The fraction of sp³-hybridized carbons (Fsp3) is 0.389. The van der Waals surface area contributed by atoms with E-state index in [4.69, 9.17) is 10.5 Å². The Hall–Kier alpha value is -1.96. The number of ketones is 1. The summed E-state index contributed by atoms with van der Waals surface area (Å²) in [5.41, 5.74) is 6.69. The smallest absolute Gasteiger partial charge is 0.273 e. The lowest BCUT2D eigenvalue weighted by molar-refractivity contribution is 0.0646. The highest BCUT2D eigenvalue weighted by molar-refractivity contribution is 7.09. The van der Waals surface area contributed by atoms with Crippen LogP contribution in [0.15, 0.2) is 29.6 Å². The SMILES string of the molecule is COc1ccc(C(=O)C2CCN(C(=O)c3csc(CN)n3)CC2)cc1.Cl. The maximum Gasteiger partial charge on any atom is 0.273 e. The standard InChI is InChI=1S/C18H21N3O3S.ClH/c1-24-14-4-2-12(3-5-14)17(22)13-6-8-21(9-7-13)18(23)15-11-25-16(10-19)20-15;/h2-5,11,13H,6-10,19H2,1H3;1H. The summed E-state index contributed by atoms with van der Waals surface area (Å²) in [6, 6.07) is 7.18. The van der Waals surface area contributed by atoms with Gasteiger partial charge in [-0.3, -0.25) is 9.59 Å². The van der Waals surface area contributed by atoms with Crippen LogP contribution in [-0.2, 0) is 6.54 Å². The van der Waals surface area contributed by atoms with Gasteiger partial charge in [0.05, 0.1) is 7.11 Å². The van der Waals surface area contributed by atoms with Crippen LogP contribution < -0.4 is 10.5 Å². The summed E-state index contributed by atoms with van der Waals surface area (Å²) >= 11 is 1.40. The van der Waals surface area contributed by atoms with Crippen molar-refractivity contribution in [1.82, 2.24) is 9.88 Å². The number of aromatic nitrogens is 1. The summed E-state index contributed by atoms with van der Waals surface area (Å²) in [5.74, 6) is 0.740. The molecule has 1 fully saturated rings. The number of piperidine rings is 1. The number of carbonyl (C=O) groups excluding carboxylic acids is 2. The van der Waals surface area contributed by atoms with Crippen LogP contribution in [0.1, 0.15) is 38.7 Å². The second-order valence-corrected chi connectivity index (χ2v) is 6.93. The van der Waals surface area contributed by atoms with E-state index in [-0.39, 0.29) is 30.0 Å². The van der Waals surface area contributed by atoms with Crippen molar-refractivity contribution in [3.05, 3.63) is 45.9 Å². The van der Waals surface area contributed by atoms with Gasteiger partial charge in [0.2, 0.25) is 0 Å². The average molecular weight is 396 g/mol. The molecule has 0 unspecified atom stereocenters. The van der Waals surface area contributed by atoms with E-state index < -0.39 is 0 Å². The number of hydrogen-bond acceptors (Lipinski definition) is 6. The van der Waals surface area contributed by atoms with Crippen LogP contribution in [0.2, 0.25) is 0 Å². The number of rotatable bonds is 5. The molecule has 140 valence electrons. The van der Waals surface area contributed by atoms with Crippen molar-refractivity contribution in [2.75, 3.05) is 20.2 Å². The van der Waals surface area contributed by atoms with Gasteiger partial charge in [0.15, 0.2) is 5.78 Å². The molecule has 2 heterocycles. The molecule has 0 bridgehead atoms. The van der Waals surface area contributed by atoms with Crippen LogP contribution in [-0.4, -0.2) is 41.8 Å². The Morgan fingerprint density at radius 3 is 2.46 bits per heavy atom. The van der Waals surface area contributed by atoms with Gasteiger partial charge in [-0.15, -0.1) is 23.7 Å². The normalized spacial score (nSPS) is 14.6. The number of hydrogen-bond donors (Lipinski definition) is 1. The fourth-order valence-corrected chi connectivity index (χ4v) is 3.65. The monoisotopic (exact) mass is 395 g/mol. The zero-order valence-electron chi connectivity index (χ0n) is 14.5. The van der Waals surface area contributed by atoms with Gasteiger partial charge < -0.3 is 15.4 Å². The number of benzene rings is 1. The van der Waals surface area contributed by atoms with E-state index in [1.165, 1.54) is 11.3 Å². The molecule has 0 atom stereocenters. The number of carbonyl (C=O) groups is 2. The minimum Gasteiger partial charge on any atom is -0.497 e. The maximum atomic E-state index is 12.6. The number of amides is 1. The molecule has 3 rings (SSSR count). The first-order valence-corrected chi connectivity index (χ1v) is 9.12. The van der Waals surface area contributed by atoms with Crippen molar-refractivity contribution in [2.24, 2.45) is 11.7 Å². The highest BCUT2D eigenvalue weighted by atomic mass is 35.5. The van der Waals surface area contributed by atoms with E-state index in [1.807, 2.05) is 0 Å². The van der Waals surface area contributed by atoms with E-state index in [9.17, 15) is 9.59 Å². The Morgan fingerprint density at radius 2 is 1.92 bits per heavy atom. The van der Waals surface area contributed by atoms with E-state index in [1.54, 1.807) is 41.7 Å². The van der Waals surface area contributed by atoms with Crippen LogP contribution in [0, 0.1) is 5.92 Å². The molecular weight excluding hydrogens is 374 g/mol. The van der Waals surface area contributed by atoms with Crippen LogP contribution in [0.3, 0.4) is 0 Å². The summed E-state index contributed by atoms with van der Waals surface area (Å²) in [7, 11) is 1.60. The fourth-order valence-electron chi connectivity index (χ4n) is 3.00. The molecule has 0 radical (unpaired) electrons. The zero-order valence-corrected chi connectivity index (χ0v) is 16.1. The molecule has 1 amide bonds. The molecule has 0 saturated carbocycles. The lowest BCUT2D eigenvalue weighted by Crippen LogP contribution is -2.40. The number of methoxy groups -OCH3 is 1. The summed E-state index contributed by atoms with van der Waals surface area (Å²) in [6.07, 6.45) is 1.34. The van der Waals surface area contributed by atoms with Gasteiger partial charge in [0.1, 0.15) is 16.5 Å². The van der Waals surface area contributed by atoms with Crippen LogP contribution in [0.25, 0.3) is 0 Å². The zero-order chi connectivity index (χ0) is 17.8. The highest BCUT2D eigenvalue weighted by Gasteiger charge is 2.29. The molecule has 1 saturated heterocycles. The molecule has 0 spiro atoms. The topological polar surface area (TPSA) is 85.5 Å². The quantitative estimate of drug-likeness (QED) is 0.787. The van der Waals surface area contributed by atoms with Crippen LogP contribution in [0.4, 0.5) is 0 Å². The Labute approximate surface area is 162 Å². The minimum atomic E-state index is -0.0775. The number of Topliss-reactive ketones (excluding diaryl/α,β-unsaturated/α-hetero) is 1. The summed E-state index contributed by atoms with van der Waals surface area (Å²) in [5, 5.41) is 2.51. The van der Waals surface area contributed by atoms with E-state index in [0.29, 0.717) is 43.7 Å². The third kappa shape index (κ3) is 4.41. The van der Waals surface area contributed by atoms with Crippen LogP contribution >= 0.6 is 23.7 Å². The Kier molecular flexibility index (Phi) is 7.14. The number of thiazole rings is 1. The first-order valence-electron chi connectivity index (χ1n) is 8.24. The van der Waals surface area contributed by atoms with Gasteiger partial charge in [0, 0.05) is 36.5 Å². The molecule has 6 nitrogen and oxygen atoms in total. The van der Waals surface area contributed by atoms with Gasteiger partial charge in [-0.1, -0.05) is 0 Å². The van der Waals surface area contributed by atoms with Gasteiger partial charge in [-0.05, 0) is 37.1 Å². The van der Waals surface area contributed by atoms with Crippen molar-refractivity contribution < 1.29 is 14.3 Å². The lowest BCUT2D eigenvalue weighted by atomic mass is 9.89. The average Bonchev–Trinajstić information content (AvgIpc) is 3.16. The molecule has 1 aromatic heterocycles. The molecule has 2 aromatic rings. The number of nitrogens with zero attached hydrogens (tertiary/aromatic N) is 2. The van der Waals surface area contributed by atoms with Crippen molar-refractivity contribution in [2.45, 2.75) is 19.4 Å². The Morgan fingerprint density at radius 1 is 1.27 bits per heavy atom. The number of nitrogens with two attached hydrogens (primary N) is 1. The number of likely N-dealkylation sites (tertiary alicyclic amines) is 1. The van der Waals surface area contributed by atoms with E-state index in [0.717, 1.165) is 10.8 Å². The first-order chi connectivity index (χ1) is 12.1. The maximum absolute atomic E-state index is 12.6. The Bertz CT molecular complexity index is 755. The van der Waals surface area contributed by atoms with Gasteiger partial charge in [-0.25, -0.2) is 4.98 Å². The minimum absolute atomic E-state index is 0. The van der Waals surface area contributed by atoms with Crippen molar-refractivity contribution in [1.29, 1.82) is 0 Å². The highest BCUT2D eigenvalue weighted by Crippen LogP contribution is 2.24. The summed E-state index contributed by atoms with van der Waals surface area (Å²) in [4.78, 5) is 31.1. The van der Waals surface area contributed by atoms with Crippen molar-refractivity contribution >= 4 is 35.4 Å². The largest absolute Gasteiger partial charge is 0.497 e. The Balaban J connectivity index is 0.00000243. The number of ether oxygens (including phenoxy) is 1. The summed E-state index contributed by atoms with van der Waals surface area (Å²) < 4.78 is 5.12. The predicted octanol–water partition coefficient (Wildman–Crippen LogP) is 2.77. The molecule has 2 N–H and O–H groups in total. The third-order valence-corrected chi connectivity index (χ3v) is 5.34. The lowest BCUT2D eigenvalue weighted by Gasteiger charge is -2.31. The van der Waals surface area contributed by atoms with Crippen LogP contribution in [0.5, 0.6) is 5.75 Å².